The number of hydrogen-bond acceptors (Lipinski definition) is 5. The van der Waals surface area contributed by atoms with Crippen molar-refractivity contribution in [3.8, 4) is 0 Å². The number of ether oxygens (including phenoxy) is 3. The van der Waals surface area contributed by atoms with Gasteiger partial charge in [-0.05, 0) is 39.0 Å². The van der Waals surface area contributed by atoms with Crippen LogP contribution in [0.25, 0.3) is 0 Å². The normalized spacial score (nSPS) is 28.2. The maximum atomic E-state index is 9.89. The molecular formula is C15H29NO4. The van der Waals surface area contributed by atoms with Gasteiger partial charge in [-0.1, -0.05) is 0 Å². The summed E-state index contributed by atoms with van der Waals surface area (Å²) in [5.41, 5.74) is 0. The van der Waals surface area contributed by atoms with Gasteiger partial charge in [0.15, 0.2) is 0 Å². The number of hydrogen-bond donors (Lipinski definition) is 2. The molecule has 0 aromatic heterocycles. The van der Waals surface area contributed by atoms with E-state index in [4.69, 9.17) is 14.2 Å². The van der Waals surface area contributed by atoms with Crippen molar-refractivity contribution in [2.75, 3.05) is 33.0 Å². The van der Waals surface area contributed by atoms with Gasteiger partial charge in [0.25, 0.3) is 0 Å². The average molecular weight is 287 g/mol. The molecule has 0 amide bonds. The lowest BCUT2D eigenvalue weighted by Crippen LogP contribution is -2.42. The highest BCUT2D eigenvalue weighted by Gasteiger charge is 2.40. The summed E-state index contributed by atoms with van der Waals surface area (Å²) in [6.07, 6.45) is 3.77. The Balaban J connectivity index is 1.50. The van der Waals surface area contributed by atoms with Crippen molar-refractivity contribution >= 4 is 0 Å². The molecule has 1 saturated carbocycles. The highest BCUT2D eigenvalue weighted by molar-refractivity contribution is 4.93. The molecule has 20 heavy (non-hydrogen) atoms. The van der Waals surface area contributed by atoms with Crippen molar-refractivity contribution < 1.29 is 19.3 Å². The van der Waals surface area contributed by atoms with Crippen LogP contribution in [-0.2, 0) is 14.2 Å². The van der Waals surface area contributed by atoms with E-state index in [9.17, 15) is 5.11 Å². The Morgan fingerprint density at radius 3 is 2.75 bits per heavy atom. The highest BCUT2D eigenvalue weighted by atomic mass is 16.5. The number of aliphatic hydroxyl groups excluding tert-OH is 1. The molecule has 1 aliphatic carbocycles. The molecule has 118 valence electrons. The van der Waals surface area contributed by atoms with E-state index in [0.29, 0.717) is 38.5 Å². The van der Waals surface area contributed by atoms with Gasteiger partial charge in [0.1, 0.15) is 0 Å². The molecule has 0 bridgehead atoms. The molecule has 5 heteroatoms. The van der Waals surface area contributed by atoms with Crippen LogP contribution in [-0.4, -0.2) is 62.4 Å². The van der Waals surface area contributed by atoms with Crippen LogP contribution in [0.4, 0.5) is 0 Å². The summed E-state index contributed by atoms with van der Waals surface area (Å²) in [7, 11) is 0. The summed E-state index contributed by atoms with van der Waals surface area (Å²) < 4.78 is 16.5. The molecule has 5 nitrogen and oxygen atoms in total. The number of rotatable bonds is 10. The Kier molecular flexibility index (Phi) is 6.71. The zero-order valence-corrected chi connectivity index (χ0v) is 12.7. The van der Waals surface area contributed by atoms with Crippen LogP contribution in [0, 0.1) is 5.92 Å². The summed E-state index contributed by atoms with van der Waals surface area (Å²) in [6.45, 7) is 6.89. The summed E-state index contributed by atoms with van der Waals surface area (Å²) in [6, 6.07) is 0.404. The van der Waals surface area contributed by atoms with Crippen LogP contribution in [0.3, 0.4) is 0 Å². The molecule has 0 radical (unpaired) electrons. The van der Waals surface area contributed by atoms with Crippen LogP contribution < -0.4 is 5.32 Å². The van der Waals surface area contributed by atoms with E-state index >= 15 is 0 Å². The summed E-state index contributed by atoms with van der Waals surface area (Å²) in [5.74, 6) is 0.747. The molecule has 0 aromatic carbocycles. The maximum absolute atomic E-state index is 9.89. The van der Waals surface area contributed by atoms with Crippen LogP contribution in [0.2, 0.25) is 0 Å². The second-order valence-corrected chi connectivity index (χ2v) is 6.12. The minimum atomic E-state index is -0.463. The van der Waals surface area contributed by atoms with Crippen LogP contribution in [0.5, 0.6) is 0 Å². The lowest BCUT2D eigenvalue weighted by Gasteiger charge is -2.21. The van der Waals surface area contributed by atoms with Crippen LogP contribution >= 0.6 is 0 Å². The van der Waals surface area contributed by atoms with Gasteiger partial charge < -0.3 is 24.6 Å². The Hall–Kier alpha value is -0.200. The van der Waals surface area contributed by atoms with Gasteiger partial charge in [0.2, 0.25) is 0 Å². The van der Waals surface area contributed by atoms with Crippen LogP contribution in [0.15, 0.2) is 0 Å². The topological polar surface area (TPSA) is 60.0 Å². The third-order valence-corrected chi connectivity index (χ3v) is 3.83. The Morgan fingerprint density at radius 1 is 1.25 bits per heavy atom. The molecular weight excluding hydrogens is 258 g/mol. The predicted octanol–water partition coefficient (Wildman–Crippen LogP) is 0.946. The van der Waals surface area contributed by atoms with Crippen molar-refractivity contribution in [3.63, 3.8) is 0 Å². The van der Waals surface area contributed by atoms with E-state index in [1.807, 2.05) is 13.8 Å². The monoisotopic (exact) mass is 287 g/mol. The third-order valence-electron chi connectivity index (χ3n) is 3.83. The molecule has 1 saturated heterocycles. The van der Waals surface area contributed by atoms with Crippen molar-refractivity contribution in [1.29, 1.82) is 0 Å². The largest absolute Gasteiger partial charge is 0.389 e. The first kappa shape index (κ1) is 16.2. The summed E-state index contributed by atoms with van der Waals surface area (Å²) >= 11 is 0. The smallest absolute Gasteiger partial charge is 0.0897 e. The van der Waals surface area contributed by atoms with Gasteiger partial charge in [-0.3, -0.25) is 0 Å². The molecule has 2 N–H and O–H groups in total. The minimum absolute atomic E-state index is 0.229. The van der Waals surface area contributed by atoms with Crippen LogP contribution in [0.1, 0.15) is 33.1 Å². The molecule has 0 aromatic rings. The molecule has 3 atom stereocenters. The molecule has 2 fully saturated rings. The first-order valence-electron chi connectivity index (χ1n) is 7.89. The van der Waals surface area contributed by atoms with Gasteiger partial charge in [-0.15, -0.1) is 0 Å². The van der Waals surface area contributed by atoms with E-state index in [0.717, 1.165) is 18.9 Å². The number of aliphatic hydroxyl groups is 1. The third kappa shape index (κ3) is 5.66. The zero-order chi connectivity index (χ0) is 14.4. The Bertz CT molecular complexity index is 271. The SMILES string of the molecule is CC(C)OCCOCC(O)CNC1CCOC1C1CC1. The van der Waals surface area contributed by atoms with Crippen molar-refractivity contribution in [2.45, 2.75) is 57.5 Å². The fourth-order valence-electron chi connectivity index (χ4n) is 2.63. The van der Waals surface area contributed by atoms with Gasteiger partial charge in [-0.2, -0.15) is 0 Å². The fraction of sp³-hybridized carbons (Fsp3) is 1.00. The van der Waals surface area contributed by atoms with Gasteiger partial charge >= 0.3 is 0 Å². The van der Waals surface area contributed by atoms with Gasteiger partial charge in [-0.25, -0.2) is 0 Å². The Morgan fingerprint density at radius 2 is 2.05 bits per heavy atom. The van der Waals surface area contributed by atoms with Crippen molar-refractivity contribution in [1.82, 2.24) is 5.32 Å². The lowest BCUT2D eigenvalue weighted by atomic mass is 10.1. The molecule has 3 unspecified atom stereocenters. The van der Waals surface area contributed by atoms with Gasteiger partial charge in [0.05, 0.1) is 38.1 Å². The summed E-state index contributed by atoms with van der Waals surface area (Å²) in [5, 5.41) is 13.3. The maximum Gasteiger partial charge on any atom is 0.0897 e. The Labute approximate surface area is 122 Å². The highest BCUT2D eigenvalue weighted by Crippen LogP contribution is 2.38. The van der Waals surface area contributed by atoms with E-state index in [2.05, 4.69) is 5.32 Å². The standard InChI is InChI=1S/C15H29NO4/c1-11(2)19-8-7-18-10-13(17)9-16-14-5-6-20-15(14)12-3-4-12/h11-17H,3-10H2,1-2H3. The second kappa shape index (κ2) is 8.29. The zero-order valence-electron chi connectivity index (χ0n) is 12.7. The summed E-state index contributed by atoms with van der Waals surface area (Å²) in [4.78, 5) is 0. The van der Waals surface area contributed by atoms with E-state index in [1.165, 1.54) is 12.8 Å². The average Bonchev–Trinajstić information content (AvgIpc) is 3.14. The second-order valence-electron chi connectivity index (χ2n) is 6.12. The lowest BCUT2D eigenvalue weighted by molar-refractivity contribution is -0.0113. The number of nitrogens with one attached hydrogen (secondary N) is 1. The molecule has 0 spiro atoms. The molecule has 2 aliphatic rings. The van der Waals surface area contributed by atoms with Crippen molar-refractivity contribution in [3.05, 3.63) is 0 Å². The minimum Gasteiger partial charge on any atom is -0.389 e. The first-order valence-corrected chi connectivity index (χ1v) is 7.89. The quantitative estimate of drug-likeness (QED) is 0.586. The predicted molar refractivity (Wildman–Crippen MR) is 76.8 cm³/mol. The van der Waals surface area contributed by atoms with Crippen molar-refractivity contribution in [2.24, 2.45) is 5.92 Å². The van der Waals surface area contributed by atoms with E-state index in [1.54, 1.807) is 0 Å². The van der Waals surface area contributed by atoms with Gasteiger partial charge in [0, 0.05) is 19.2 Å². The fourth-order valence-corrected chi connectivity index (χ4v) is 2.63. The molecule has 1 heterocycles. The van der Waals surface area contributed by atoms with E-state index < -0.39 is 6.10 Å². The molecule has 1 aliphatic heterocycles. The van der Waals surface area contributed by atoms with E-state index in [-0.39, 0.29) is 6.10 Å². The first-order chi connectivity index (χ1) is 9.66. The molecule has 2 rings (SSSR count).